The quantitative estimate of drug-likeness (QED) is 0.664. The molecule has 6 heteroatoms. The lowest BCUT2D eigenvalue weighted by molar-refractivity contribution is -0.149. The molecule has 0 saturated carbocycles. The largest absolute Gasteiger partial charge is 0.499 e. The van der Waals surface area contributed by atoms with Gasteiger partial charge in [-0.05, 0) is 20.8 Å². The second-order valence-electron chi connectivity index (χ2n) is 3.92. The van der Waals surface area contributed by atoms with E-state index in [1.54, 1.807) is 6.92 Å². The first-order valence-electron chi connectivity index (χ1n) is 5.53. The average Bonchev–Trinajstić information content (AvgIpc) is 2.54. The normalized spacial score (nSPS) is 21.9. The number of ether oxygens (including phenoxy) is 3. The van der Waals surface area contributed by atoms with Crippen LogP contribution in [0.1, 0.15) is 20.8 Å². The van der Waals surface area contributed by atoms with Crippen LogP contribution in [0.3, 0.4) is 0 Å². The summed E-state index contributed by atoms with van der Waals surface area (Å²) in [6.07, 6.45) is -2.11. The predicted octanol–water partition coefficient (Wildman–Crippen LogP) is 0.504. The number of aliphatic hydroxyl groups excluding tert-OH is 2. The molecule has 1 rings (SSSR count). The minimum atomic E-state index is -1.06. The molecule has 2 atom stereocenters. The van der Waals surface area contributed by atoms with E-state index in [-0.39, 0.29) is 25.1 Å². The Morgan fingerprint density at radius 1 is 1.47 bits per heavy atom. The van der Waals surface area contributed by atoms with Gasteiger partial charge in [-0.15, -0.1) is 0 Å². The fraction of sp³-hybridized carbons (Fsp3) is 0.727. The summed E-state index contributed by atoms with van der Waals surface area (Å²) in [5.41, 5.74) is 0. The molecule has 0 unspecified atom stereocenters. The molecule has 17 heavy (non-hydrogen) atoms. The van der Waals surface area contributed by atoms with E-state index in [0.29, 0.717) is 0 Å². The van der Waals surface area contributed by atoms with E-state index in [0.717, 1.165) is 0 Å². The van der Waals surface area contributed by atoms with Gasteiger partial charge in [0.25, 0.3) is 0 Å². The lowest BCUT2D eigenvalue weighted by Gasteiger charge is -2.20. The van der Waals surface area contributed by atoms with Crippen molar-refractivity contribution < 1.29 is 29.2 Å². The monoisotopic (exact) mass is 246 g/mol. The van der Waals surface area contributed by atoms with Crippen LogP contribution in [-0.2, 0) is 19.0 Å². The fourth-order valence-corrected chi connectivity index (χ4v) is 1.40. The molecule has 0 amide bonds. The molecule has 1 heterocycles. The van der Waals surface area contributed by atoms with E-state index < -0.39 is 23.9 Å². The van der Waals surface area contributed by atoms with Crippen molar-refractivity contribution in [2.75, 3.05) is 13.2 Å². The Hall–Kier alpha value is -1.27. The van der Waals surface area contributed by atoms with Crippen LogP contribution < -0.4 is 0 Å². The Balaban J connectivity index is 2.67. The van der Waals surface area contributed by atoms with Gasteiger partial charge in [-0.1, -0.05) is 0 Å². The van der Waals surface area contributed by atoms with Crippen molar-refractivity contribution in [3.63, 3.8) is 0 Å². The second-order valence-corrected chi connectivity index (χ2v) is 3.92. The standard InChI is InChI=1S/C11H18O6/c1-4-15-10-8(13)11(14)17-9(10)7(12)5-16-6(2)3/h6-7,9,12-13H,4-5H2,1-3H3/t7-,9+/m0/s1. The van der Waals surface area contributed by atoms with Gasteiger partial charge in [-0.3, -0.25) is 0 Å². The molecule has 0 aliphatic carbocycles. The highest BCUT2D eigenvalue weighted by molar-refractivity contribution is 5.89. The predicted molar refractivity (Wildman–Crippen MR) is 58.3 cm³/mol. The summed E-state index contributed by atoms with van der Waals surface area (Å²) in [7, 11) is 0. The van der Waals surface area contributed by atoms with E-state index >= 15 is 0 Å². The second kappa shape index (κ2) is 5.88. The van der Waals surface area contributed by atoms with Crippen molar-refractivity contribution in [2.45, 2.75) is 39.1 Å². The molecular formula is C11H18O6. The molecule has 2 N–H and O–H groups in total. The number of aliphatic hydroxyl groups is 2. The molecule has 0 spiro atoms. The molecular weight excluding hydrogens is 228 g/mol. The Morgan fingerprint density at radius 2 is 2.12 bits per heavy atom. The molecule has 0 saturated heterocycles. The van der Waals surface area contributed by atoms with E-state index in [4.69, 9.17) is 14.2 Å². The number of esters is 1. The van der Waals surface area contributed by atoms with Gasteiger partial charge < -0.3 is 24.4 Å². The molecule has 0 aromatic carbocycles. The van der Waals surface area contributed by atoms with Crippen LogP contribution in [-0.4, -0.2) is 47.7 Å². The Morgan fingerprint density at radius 3 is 2.65 bits per heavy atom. The molecule has 98 valence electrons. The maximum absolute atomic E-state index is 11.2. The number of carbonyl (C=O) groups excluding carboxylic acids is 1. The first-order chi connectivity index (χ1) is 7.97. The summed E-state index contributed by atoms with van der Waals surface area (Å²) in [4.78, 5) is 11.2. The molecule has 1 aliphatic rings. The highest BCUT2D eigenvalue weighted by atomic mass is 16.6. The van der Waals surface area contributed by atoms with Gasteiger partial charge in [0, 0.05) is 0 Å². The summed E-state index contributed by atoms with van der Waals surface area (Å²) >= 11 is 0. The fourth-order valence-electron chi connectivity index (χ4n) is 1.40. The summed E-state index contributed by atoms with van der Waals surface area (Å²) < 4.78 is 15.1. The van der Waals surface area contributed by atoms with Crippen LogP contribution in [0.5, 0.6) is 0 Å². The molecule has 0 bridgehead atoms. The van der Waals surface area contributed by atoms with Gasteiger partial charge in [0.05, 0.1) is 19.3 Å². The zero-order valence-corrected chi connectivity index (χ0v) is 10.2. The van der Waals surface area contributed by atoms with E-state index in [1.165, 1.54) is 0 Å². The molecule has 1 aliphatic heterocycles. The van der Waals surface area contributed by atoms with E-state index in [9.17, 15) is 15.0 Å². The van der Waals surface area contributed by atoms with Crippen LogP contribution in [0.15, 0.2) is 11.5 Å². The third-order valence-electron chi connectivity index (χ3n) is 2.17. The zero-order valence-electron chi connectivity index (χ0n) is 10.2. The number of rotatable bonds is 6. The highest BCUT2D eigenvalue weighted by Crippen LogP contribution is 2.25. The number of cyclic esters (lactones) is 1. The number of hydrogen-bond acceptors (Lipinski definition) is 6. The molecule has 0 aromatic rings. The smallest absolute Gasteiger partial charge is 0.378 e. The topological polar surface area (TPSA) is 85.2 Å². The van der Waals surface area contributed by atoms with Gasteiger partial charge >= 0.3 is 5.97 Å². The van der Waals surface area contributed by atoms with Crippen LogP contribution in [0.25, 0.3) is 0 Å². The Bertz CT molecular complexity index is 309. The van der Waals surface area contributed by atoms with Gasteiger partial charge in [0.2, 0.25) is 5.76 Å². The van der Waals surface area contributed by atoms with Gasteiger partial charge in [-0.25, -0.2) is 4.79 Å². The van der Waals surface area contributed by atoms with E-state index in [1.807, 2.05) is 13.8 Å². The first kappa shape index (κ1) is 13.8. The molecule has 0 fully saturated rings. The van der Waals surface area contributed by atoms with Gasteiger partial charge in [0.1, 0.15) is 6.10 Å². The van der Waals surface area contributed by atoms with E-state index in [2.05, 4.69) is 0 Å². The zero-order chi connectivity index (χ0) is 13.0. The lowest BCUT2D eigenvalue weighted by Crippen LogP contribution is -2.34. The molecule has 0 aromatic heterocycles. The summed E-state index contributed by atoms with van der Waals surface area (Å²) in [5, 5.41) is 19.2. The lowest BCUT2D eigenvalue weighted by atomic mass is 10.2. The van der Waals surface area contributed by atoms with Crippen molar-refractivity contribution in [1.82, 2.24) is 0 Å². The average molecular weight is 246 g/mol. The van der Waals surface area contributed by atoms with Gasteiger partial charge in [-0.2, -0.15) is 0 Å². The van der Waals surface area contributed by atoms with Crippen molar-refractivity contribution in [1.29, 1.82) is 0 Å². The van der Waals surface area contributed by atoms with Crippen LogP contribution in [0, 0.1) is 0 Å². The van der Waals surface area contributed by atoms with Crippen molar-refractivity contribution >= 4 is 5.97 Å². The minimum absolute atomic E-state index is 0.000528. The molecule has 6 nitrogen and oxygen atoms in total. The first-order valence-corrected chi connectivity index (χ1v) is 5.53. The molecule has 0 radical (unpaired) electrons. The third kappa shape index (κ3) is 3.34. The summed E-state index contributed by atoms with van der Waals surface area (Å²) in [6, 6.07) is 0. The van der Waals surface area contributed by atoms with Crippen molar-refractivity contribution in [3.8, 4) is 0 Å². The van der Waals surface area contributed by atoms with Crippen LogP contribution in [0.4, 0.5) is 0 Å². The minimum Gasteiger partial charge on any atom is -0.499 e. The highest BCUT2D eigenvalue weighted by Gasteiger charge is 2.40. The van der Waals surface area contributed by atoms with Gasteiger partial charge in [0.15, 0.2) is 11.9 Å². The SMILES string of the molecule is CCOC1=C(O)C(=O)O[C@@H]1[C@@H](O)COC(C)C. The number of hydrogen-bond donors (Lipinski definition) is 2. The van der Waals surface area contributed by atoms with Crippen LogP contribution in [0.2, 0.25) is 0 Å². The van der Waals surface area contributed by atoms with Crippen molar-refractivity contribution in [2.24, 2.45) is 0 Å². The maximum Gasteiger partial charge on any atom is 0.378 e. The van der Waals surface area contributed by atoms with Crippen molar-refractivity contribution in [3.05, 3.63) is 11.5 Å². The summed E-state index contributed by atoms with van der Waals surface area (Å²) in [6.45, 7) is 5.62. The Kier molecular flexibility index (Phi) is 4.77. The Labute approximate surface area is 99.8 Å². The maximum atomic E-state index is 11.2. The summed E-state index contributed by atoms with van der Waals surface area (Å²) in [5.74, 6) is -1.50. The van der Waals surface area contributed by atoms with Crippen LogP contribution >= 0.6 is 0 Å². The third-order valence-corrected chi connectivity index (χ3v) is 2.17. The number of carbonyl (C=O) groups is 1.